The van der Waals surface area contributed by atoms with Crippen molar-refractivity contribution in [2.75, 3.05) is 13.2 Å². The van der Waals surface area contributed by atoms with E-state index in [1.165, 1.54) is 0 Å². The van der Waals surface area contributed by atoms with Crippen LogP contribution in [0.15, 0.2) is 0 Å². The predicted octanol–water partition coefficient (Wildman–Crippen LogP) is 0.485. The number of hydrogen-bond acceptors (Lipinski definition) is 4. The van der Waals surface area contributed by atoms with Gasteiger partial charge in [-0.2, -0.15) is 0 Å². The Morgan fingerprint density at radius 3 is 2.85 bits per heavy atom. The third-order valence-electron chi connectivity index (χ3n) is 1.20. The molecule has 0 rings (SSSR count). The average Bonchev–Trinajstić information content (AvgIpc) is 2.02. The summed E-state index contributed by atoms with van der Waals surface area (Å²) in [5.74, 6) is -0.432. The fraction of sp³-hybridized carbons (Fsp3) is 0.833. The zero-order chi connectivity index (χ0) is 10.3. The summed E-state index contributed by atoms with van der Waals surface area (Å²) in [6.07, 6.45) is 0.571. The van der Waals surface area contributed by atoms with Crippen LogP contribution in [-0.4, -0.2) is 25.2 Å². The van der Waals surface area contributed by atoms with Crippen molar-refractivity contribution >= 4 is 24.5 Å². The molecule has 78 valence electrons. The van der Waals surface area contributed by atoms with Crippen LogP contribution in [0.1, 0.15) is 13.3 Å². The summed E-state index contributed by atoms with van der Waals surface area (Å²) in [7, 11) is -2.14. The van der Waals surface area contributed by atoms with Crippen molar-refractivity contribution in [2.45, 2.75) is 19.4 Å². The summed E-state index contributed by atoms with van der Waals surface area (Å²) in [5.41, 5.74) is 5.24. The maximum absolute atomic E-state index is 10.8. The Labute approximate surface area is 82.6 Å². The Morgan fingerprint density at radius 1 is 1.77 bits per heavy atom. The Balaban J connectivity index is 3.26. The monoisotopic (exact) mass is 228 g/mol. The minimum atomic E-state index is -2.14. The lowest BCUT2D eigenvalue weighted by Crippen LogP contribution is -2.29. The molecule has 0 aromatic rings. The first-order chi connectivity index (χ1) is 6.04. The van der Waals surface area contributed by atoms with Crippen molar-refractivity contribution in [3.63, 3.8) is 0 Å². The van der Waals surface area contributed by atoms with Crippen molar-refractivity contribution in [3.8, 4) is 0 Å². The van der Waals surface area contributed by atoms with Gasteiger partial charge in [-0.3, -0.25) is 14.4 Å². The lowest BCUT2D eigenvalue weighted by Gasteiger charge is -2.06. The van der Waals surface area contributed by atoms with Crippen LogP contribution < -0.4 is 10.8 Å². The number of rotatable bonds is 6. The van der Waals surface area contributed by atoms with Gasteiger partial charge < -0.3 is 10.5 Å². The van der Waals surface area contributed by atoms with Gasteiger partial charge in [0, 0.05) is 6.54 Å². The number of carbonyl (C=O) groups excluding carboxylic acids is 1. The molecular weight excluding hydrogens is 215 g/mol. The quantitative estimate of drug-likeness (QED) is 0.393. The third kappa shape index (κ3) is 8.25. The summed E-state index contributed by atoms with van der Waals surface area (Å²) in [6.45, 7) is 2.28. The smallest absolute Gasteiger partial charge is 0.322 e. The van der Waals surface area contributed by atoms with Crippen molar-refractivity contribution < 1.29 is 14.1 Å². The van der Waals surface area contributed by atoms with Gasteiger partial charge in [0.2, 0.25) is 7.30 Å². The van der Waals surface area contributed by atoms with Crippen LogP contribution in [0.4, 0.5) is 0 Å². The molecule has 1 unspecified atom stereocenters. The Morgan fingerprint density at radius 2 is 2.38 bits per heavy atom. The van der Waals surface area contributed by atoms with Gasteiger partial charge in [-0.1, -0.05) is 0 Å². The van der Waals surface area contributed by atoms with E-state index < -0.39 is 19.3 Å². The summed E-state index contributed by atoms with van der Waals surface area (Å²) in [5, 5.41) is 2.54. The molecule has 2 atom stereocenters. The molecule has 0 aromatic heterocycles. The molecule has 3 N–H and O–H groups in total. The Hall–Kier alpha value is -0.0900. The molecular formula is C6H14ClN2O3P. The molecule has 0 amide bonds. The highest BCUT2D eigenvalue weighted by Crippen LogP contribution is 2.18. The first-order valence-corrected chi connectivity index (χ1v) is 6.31. The fourth-order valence-corrected chi connectivity index (χ4v) is 1.22. The SMILES string of the molecule is C[C@H](N)C(=O)OCCCN[PH](=O)Cl. The number of carbonyl (C=O) groups is 1. The van der Waals surface area contributed by atoms with Gasteiger partial charge in [-0.05, 0) is 24.6 Å². The Kier molecular flexibility index (Phi) is 7.28. The maximum Gasteiger partial charge on any atom is 0.322 e. The standard InChI is InChI=1S/C6H14ClN2O3P/c1-5(8)6(10)12-4-2-3-9-13(7)11/h5,13H,2-4,8H2,1H3,(H,9,11)/t5-/m0/s1. The van der Waals surface area contributed by atoms with Gasteiger partial charge in [0.05, 0.1) is 6.61 Å². The molecule has 0 spiro atoms. The lowest BCUT2D eigenvalue weighted by molar-refractivity contribution is -0.144. The molecule has 0 aliphatic rings. The minimum absolute atomic E-state index is 0.263. The highest BCUT2D eigenvalue weighted by molar-refractivity contribution is 7.72. The van der Waals surface area contributed by atoms with E-state index in [9.17, 15) is 9.36 Å². The molecule has 0 saturated carbocycles. The van der Waals surface area contributed by atoms with E-state index in [0.29, 0.717) is 13.0 Å². The summed E-state index contributed by atoms with van der Waals surface area (Å²) in [4.78, 5) is 10.8. The topological polar surface area (TPSA) is 81.4 Å². The van der Waals surface area contributed by atoms with Crippen molar-refractivity contribution in [1.29, 1.82) is 0 Å². The molecule has 0 aliphatic heterocycles. The predicted molar refractivity (Wildman–Crippen MR) is 52.1 cm³/mol. The van der Waals surface area contributed by atoms with E-state index in [1.54, 1.807) is 6.92 Å². The van der Waals surface area contributed by atoms with Gasteiger partial charge in [0.1, 0.15) is 6.04 Å². The highest BCUT2D eigenvalue weighted by Gasteiger charge is 2.07. The Bertz CT molecular complexity index is 189. The molecule has 13 heavy (non-hydrogen) atoms. The van der Waals surface area contributed by atoms with E-state index >= 15 is 0 Å². The van der Waals surface area contributed by atoms with E-state index in [0.717, 1.165) is 0 Å². The molecule has 0 radical (unpaired) electrons. The second-order valence-corrected chi connectivity index (χ2v) is 4.44. The molecule has 0 fully saturated rings. The number of ether oxygens (including phenoxy) is 1. The number of nitrogens with one attached hydrogen (secondary N) is 1. The van der Waals surface area contributed by atoms with E-state index in [4.69, 9.17) is 21.7 Å². The van der Waals surface area contributed by atoms with Crippen LogP contribution in [0.25, 0.3) is 0 Å². The average molecular weight is 229 g/mol. The number of nitrogens with two attached hydrogens (primary N) is 1. The molecule has 5 nitrogen and oxygen atoms in total. The minimum Gasteiger partial charge on any atom is -0.464 e. The van der Waals surface area contributed by atoms with Crippen molar-refractivity contribution in [3.05, 3.63) is 0 Å². The van der Waals surface area contributed by atoms with E-state index in [-0.39, 0.29) is 6.61 Å². The number of halogens is 1. The molecule has 0 saturated heterocycles. The van der Waals surface area contributed by atoms with Crippen LogP contribution >= 0.6 is 18.5 Å². The summed E-state index contributed by atoms with van der Waals surface area (Å²) < 4.78 is 15.1. The van der Waals surface area contributed by atoms with Crippen LogP contribution in [-0.2, 0) is 14.1 Å². The van der Waals surface area contributed by atoms with Gasteiger partial charge in [0.25, 0.3) is 0 Å². The normalized spacial score (nSPS) is 15.0. The first-order valence-electron chi connectivity index (χ1n) is 3.89. The third-order valence-corrected chi connectivity index (χ3v) is 2.13. The number of esters is 1. The van der Waals surface area contributed by atoms with Gasteiger partial charge >= 0.3 is 5.97 Å². The molecule has 0 heterocycles. The molecule has 0 aromatic carbocycles. The van der Waals surface area contributed by atoms with Crippen molar-refractivity contribution in [1.82, 2.24) is 5.09 Å². The highest BCUT2D eigenvalue weighted by atomic mass is 35.7. The largest absolute Gasteiger partial charge is 0.464 e. The van der Waals surface area contributed by atoms with E-state index in [2.05, 4.69) is 5.09 Å². The number of hydrogen-bond donors (Lipinski definition) is 2. The van der Waals surface area contributed by atoms with Gasteiger partial charge in [0.15, 0.2) is 0 Å². The maximum atomic E-state index is 10.8. The van der Waals surface area contributed by atoms with Crippen molar-refractivity contribution in [2.24, 2.45) is 5.73 Å². The van der Waals surface area contributed by atoms with Crippen LogP contribution in [0.3, 0.4) is 0 Å². The first kappa shape index (κ1) is 12.9. The van der Waals surface area contributed by atoms with Crippen LogP contribution in [0.2, 0.25) is 0 Å². The van der Waals surface area contributed by atoms with E-state index in [1.807, 2.05) is 0 Å². The summed E-state index contributed by atoms with van der Waals surface area (Å²) >= 11 is 5.18. The second-order valence-electron chi connectivity index (χ2n) is 2.51. The second kappa shape index (κ2) is 7.33. The summed E-state index contributed by atoms with van der Waals surface area (Å²) in [6, 6.07) is -0.597. The fourth-order valence-electron chi connectivity index (χ4n) is 0.563. The van der Waals surface area contributed by atoms with Gasteiger partial charge in [-0.15, -0.1) is 0 Å². The zero-order valence-electron chi connectivity index (χ0n) is 7.38. The zero-order valence-corrected chi connectivity index (χ0v) is 9.13. The molecule has 7 heteroatoms. The lowest BCUT2D eigenvalue weighted by atomic mass is 10.4. The van der Waals surface area contributed by atoms with Crippen LogP contribution in [0, 0.1) is 0 Å². The van der Waals surface area contributed by atoms with Crippen LogP contribution in [0.5, 0.6) is 0 Å². The van der Waals surface area contributed by atoms with Gasteiger partial charge in [-0.25, -0.2) is 0 Å². The molecule has 0 aliphatic carbocycles. The molecule has 0 bridgehead atoms.